The molecule has 7 nitrogen and oxygen atoms in total. The van der Waals surface area contributed by atoms with Crippen molar-refractivity contribution in [3.8, 4) is 5.75 Å². The van der Waals surface area contributed by atoms with Crippen LogP contribution in [0, 0.1) is 0 Å². The number of hydrogen-bond acceptors (Lipinski definition) is 5. The van der Waals surface area contributed by atoms with Gasteiger partial charge in [-0.1, -0.05) is 25.0 Å². The van der Waals surface area contributed by atoms with Crippen LogP contribution in [-0.2, 0) is 4.74 Å². The first-order chi connectivity index (χ1) is 15.8. The molecule has 1 aromatic carbocycles. The van der Waals surface area contributed by atoms with Gasteiger partial charge in [0.2, 0.25) is 0 Å². The molecule has 0 spiro atoms. The van der Waals surface area contributed by atoms with Crippen molar-refractivity contribution >= 4 is 5.96 Å². The highest BCUT2D eigenvalue weighted by Gasteiger charge is 2.23. The largest absolute Gasteiger partial charge is 0.497 e. The molecule has 7 heteroatoms. The van der Waals surface area contributed by atoms with E-state index < -0.39 is 0 Å². The van der Waals surface area contributed by atoms with Crippen LogP contribution in [0.4, 0.5) is 0 Å². The van der Waals surface area contributed by atoms with E-state index in [1.54, 1.807) is 7.11 Å². The van der Waals surface area contributed by atoms with Crippen molar-refractivity contribution in [2.24, 2.45) is 4.99 Å². The standard InChI is InChI=1S/C25H43N5O2/c1-26-25(27-13-5-3-6-14-29-15-7-4-8-16-29)28-21-24(30-17-19-32-20-18-30)22-9-11-23(31-2)12-10-22/h9-12,24H,3-8,13-21H2,1-2H3,(H2,26,27,28). The molecule has 0 amide bonds. The number of benzene rings is 1. The van der Waals surface area contributed by atoms with Gasteiger partial charge in [0.25, 0.3) is 0 Å². The number of unbranched alkanes of at least 4 members (excludes halogenated alkanes) is 2. The van der Waals surface area contributed by atoms with Gasteiger partial charge in [-0.05, 0) is 63.0 Å². The smallest absolute Gasteiger partial charge is 0.191 e. The highest BCUT2D eigenvalue weighted by Crippen LogP contribution is 2.23. The summed E-state index contributed by atoms with van der Waals surface area (Å²) in [7, 11) is 3.56. The van der Waals surface area contributed by atoms with Crippen molar-refractivity contribution in [1.82, 2.24) is 20.4 Å². The Morgan fingerprint density at radius 1 is 1.00 bits per heavy atom. The van der Waals surface area contributed by atoms with Gasteiger partial charge < -0.3 is 25.0 Å². The minimum Gasteiger partial charge on any atom is -0.497 e. The number of piperidine rings is 1. The Morgan fingerprint density at radius 3 is 2.44 bits per heavy atom. The van der Waals surface area contributed by atoms with Crippen molar-refractivity contribution in [2.75, 3.05) is 73.2 Å². The lowest BCUT2D eigenvalue weighted by atomic mass is 10.0. The van der Waals surface area contributed by atoms with E-state index in [2.05, 4.69) is 37.6 Å². The number of guanidine groups is 1. The summed E-state index contributed by atoms with van der Waals surface area (Å²) in [6.07, 6.45) is 7.92. The van der Waals surface area contributed by atoms with E-state index in [4.69, 9.17) is 9.47 Å². The van der Waals surface area contributed by atoms with E-state index in [0.717, 1.165) is 51.1 Å². The summed E-state index contributed by atoms with van der Waals surface area (Å²) >= 11 is 0. The Hall–Kier alpha value is -1.83. The van der Waals surface area contributed by atoms with Gasteiger partial charge in [0, 0.05) is 33.2 Å². The zero-order valence-corrected chi connectivity index (χ0v) is 20.2. The Balaban J connectivity index is 1.41. The Morgan fingerprint density at radius 2 is 1.75 bits per heavy atom. The molecular formula is C25H43N5O2. The third kappa shape index (κ3) is 8.26. The van der Waals surface area contributed by atoms with Crippen LogP contribution in [0.25, 0.3) is 0 Å². The molecule has 2 N–H and O–H groups in total. The van der Waals surface area contributed by atoms with E-state index in [9.17, 15) is 0 Å². The van der Waals surface area contributed by atoms with Crippen LogP contribution in [-0.4, -0.2) is 88.9 Å². The maximum Gasteiger partial charge on any atom is 0.191 e. The van der Waals surface area contributed by atoms with E-state index in [0.29, 0.717) is 0 Å². The molecule has 0 aliphatic carbocycles. The minimum absolute atomic E-state index is 0.271. The third-order valence-corrected chi connectivity index (χ3v) is 6.57. The van der Waals surface area contributed by atoms with Crippen molar-refractivity contribution in [3.05, 3.63) is 29.8 Å². The number of ether oxygens (including phenoxy) is 2. The van der Waals surface area contributed by atoms with Crippen LogP contribution in [0.1, 0.15) is 50.1 Å². The molecule has 2 saturated heterocycles. The molecular weight excluding hydrogens is 402 g/mol. The van der Waals surface area contributed by atoms with E-state index >= 15 is 0 Å². The molecule has 1 atom stereocenters. The average molecular weight is 446 g/mol. The van der Waals surface area contributed by atoms with E-state index in [1.165, 1.54) is 63.7 Å². The first-order valence-electron chi connectivity index (χ1n) is 12.4. The topological polar surface area (TPSA) is 61.4 Å². The number of rotatable bonds is 11. The molecule has 0 radical (unpaired) electrons. The number of nitrogens with zero attached hydrogens (tertiary/aromatic N) is 3. The summed E-state index contributed by atoms with van der Waals surface area (Å²) in [5.41, 5.74) is 1.29. The molecule has 0 saturated carbocycles. The maximum atomic E-state index is 5.57. The average Bonchev–Trinajstić information content (AvgIpc) is 2.86. The predicted molar refractivity (Wildman–Crippen MR) is 132 cm³/mol. The van der Waals surface area contributed by atoms with Crippen LogP contribution in [0.3, 0.4) is 0 Å². The molecule has 2 heterocycles. The first kappa shape index (κ1) is 24.8. The summed E-state index contributed by atoms with van der Waals surface area (Å²) in [5, 5.41) is 7.05. The maximum absolute atomic E-state index is 5.57. The lowest BCUT2D eigenvalue weighted by Crippen LogP contribution is -2.46. The molecule has 2 fully saturated rings. The summed E-state index contributed by atoms with van der Waals surface area (Å²) in [5.74, 6) is 1.77. The SMILES string of the molecule is CN=C(NCCCCCN1CCCCC1)NCC(c1ccc(OC)cc1)N1CCOCC1. The Labute approximate surface area is 194 Å². The van der Waals surface area contributed by atoms with Gasteiger partial charge in [0.05, 0.1) is 26.4 Å². The number of aliphatic imine (C=N–C) groups is 1. The highest BCUT2D eigenvalue weighted by atomic mass is 16.5. The van der Waals surface area contributed by atoms with Gasteiger partial charge in [-0.25, -0.2) is 0 Å². The van der Waals surface area contributed by atoms with E-state index in [1.807, 2.05) is 19.2 Å². The predicted octanol–water partition coefficient (Wildman–Crippen LogP) is 2.89. The first-order valence-corrected chi connectivity index (χ1v) is 12.4. The molecule has 2 aliphatic rings. The van der Waals surface area contributed by atoms with Crippen molar-refractivity contribution in [1.29, 1.82) is 0 Å². The molecule has 0 aromatic heterocycles. The Kier molecular flexibility index (Phi) is 11.1. The highest BCUT2D eigenvalue weighted by molar-refractivity contribution is 5.79. The lowest BCUT2D eigenvalue weighted by molar-refractivity contribution is 0.0170. The van der Waals surface area contributed by atoms with Crippen LogP contribution in [0.15, 0.2) is 29.3 Å². The number of methoxy groups -OCH3 is 1. The number of nitrogens with one attached hydrogen (secondary N) is 2. The summed E-state index contributed by atoms with van der Waals surface area (Å²) in [6.45, 7) is 9.10. The third-order valence-electron chi connectivity index (χ3n) is 6.57. The van der Waals surface area contributed by atoms with Crippen molar-refractivity contribution in [3.63, 3.8) is 0 Å². The second kappa shape index (κ2) is 14.3. The van der Waals surface area contributed by atoms with E-state index in [-0.39, 0.29) is 6.04 Å². The molecule has 32 heavy (non-hydrogen) atoms. The normalized spacial score (nSPS) is 19.5. The number of likely N-dealkylation sites (tertiary alicyclic amines) is 1. The van der Waals surface area contributed by atoms with Gasteiger partial charge in [-0.3, -0.25) is 9.89 Å². The molecule has 180 valence electrons. The molecule has 0 bridgehead atoms. The van der Waals surface area contributed by atoms with Gasteiger partial charge in [0.15, 0.2) is 5.96 Å². The second-order valence-electron chi connectivity index (χ2n) is 8.78. The fourth-order valence-electron chi connectivity index (χ4n) is 4.61. The zero-order chi connectivity index (χ0) is 22.4. The molecule has 2 aliphatic heterocycles. The lowest BCUT2D eigenvalue weighted by Gasteiger charge is -2.35. The number of hydrogen-bond donors (Lipinski definition) is 2. The molecule has 1 unspecified atom stereocenters. The van der Waals surface area contributed by atoms with Gasteiger partial charge in [0.1, 0.15) is 5.75 Å². The Bertz CT molecular complexity index is 655. The van der Waals surface area contributed by atoms with Crippen LogP contribution < -0.4 is 15.4 Å². The summed E-state index contributed by atoms with van der Waals surface area (Å²) < 4.78 is 10.9. The van der Waals surface area contributed by atoms with Crippen LogP contribution in [0.5, 0.6) is 5.75 Å². The van der Waals surface area contributed by atoms with Gasteiger partial charge in [-0.15, -0.1) is 0 Å². The van der Waals surface area contributed by atoms with Crippen molar-refractivity contribution in [2.45, 2.75) is 44.6 Å². The van der Waals surface area contributed by atoms with Crippen LogP contribution in [0.2, 0.25) is 0 Å². The zero-order valence-electron chi connectivity index (χ0n) is 20.2. The molecule has 1 aromatic rings. The fourth-order valence-corrected chi connectivity index (χ4v) is 4.61. The summed E-state index contributed by atoms with van der Waals surface area (Å²) in [6, 6.07) is 8.69. The van der Waals surface area contributed by atoms with Crippen LogP contribution >= 0.6 is 0 Å². The minimum atomic E-state index is 0.271. The number of morpholine rings is 1. The monoisotopic (exact) mass is 445 g/mol. The quantitative estimate of drug-likeness (QED) is 0.310. The molecule has 3 rings (SSSR count). The van der Waals surface area contributed by atoms with Gasteiger partial charge in [-0.2, -0.15) is 0 Å². The van der Waals surface area contributed by atoms with Gasteiger partial charge >= 0.3 is 0 Å². The van der Waals surface area contributed by atoms with Crippen molar-refractivity contribution < 1.29 is 9.47 Å². The fraction of sp³-hybridized carbons (Fsp3) is 0.720. The summed E-state index contributed by atoms with van der Waals surface area (Å²) in [4.78, 5) is 9.56. The second-order valence-corrected chi connectivity index (χ2v) is 8.78.